The van der Waals surface area contributed by atoms with E-state index in [-0.39, 0.29) is 19.0 Å². The number of rotatable bonds is 10. The van der Waals surface area contributed by atoms with Crippen molar-refractivity contribution in [1.29, 1.82) is 0 Å². The predicted octanol–water partition coefficient (Wildman–Crippen LogP) is -0.442. The summed E-state index contributed by atoms with van der Waals surface area (Å²) in [6.45, 7) is 1.18. The van der Waals surface area contributed by atoms with Gasteiger partial charge >= 0.3 is 0 Å². The van der Waals surface area contributed by atoms with Gasteiger partial charge in [-0.05, 0) is 48.4 Å². The second kappa shape index (κ2) is 11.5. The molecule has 0 saturated heterocycles. The maximum absolute atomic E-state index is 10.9. The Morgan fingerprint density at radius 3 is 2.41 bits per heavy atom. The second-order valence-electron chi connectivity index (χ2n) is 5.64. The van der Waals surface area contributed by atoms with Crippen LogP contribution in [0.3, 0.4) is 0 Å². The van der Waals surface area contributed by atoms with Crippen LogP contribution < -0.4 is 37.7 Å². The van der Waals surface area contributed by atoms with Gasteiger partial charge in [0, 0.05) is 6.54 Å². The highest BCUT2D eigenvalue weighted by molar-refractivity contribution is 6.32. The first-order valence-electron chi connectivity index (χ1n) is 8.14. The Bertz CT molecular complexity index is 739. The van der Waals surface area contributed by atoms with Crippen molar-refractivity contribution in [1.82, 2.24) is 5.32 Å². The lowest BCUT2D eigenvalue weighted by molar-refractivity contribution is -0.119. The molecule has 0 saturated carbocycles. The van der Waals surface area contributed by atoms with Crippen LogP contribution in [0.1, 0.15) is 11.1 Å². The highest BCUT2D eigenvalue weighted by atomic mass is 35.5. The van der Waals surface area contributed by atoms with Crippen LogP contribution in [0.4, 0.5) is 0 Å². The second-order valence-corrected chi connectivity index (χ2v) is 6.05. The highest BCUT2D eigenvalue weighted by Crippen LogP contribution is 2.36. The summed E-state index contributed by atoms with van der Waals surface area (Å²) in [5, 5.41) is 3.74. The van der Waals surface area contributed by atoms with E-state index in [0.29, 0.717) is 23.1 Å². The molecule has 0 aliphatic rings. The van der Waals surface area contributed by atoms with E-state index in [1.165, 1.54) is 12.7 Å². The fraction of sp³-hybridized carbons (Fsp3) is 0.316. The van der Waals surface area contributed by atoms with Crippen molar-refractivity contribution in [2.75, 3.05) is 27.4 Å². The maximum atomic E-state index is 10.9. The number of hydrogen-bond acceptors (Lipinski definition) is 5. The third kappa shape index (κ3) is 7.17. The standard InChI is InChI=1S/C19H23ClN2O4.ClH/c1-24-15-5-3-13(4-6-15)7-8-22-11-14-9-16(20)19(17(10-14)25-2)26-12-18(21)23;/h3-6,9-10,22H,7-8,11-12H2,1-2H3,(H2,21,23);1H/p-1. The molecule has 1 amide bonds. The minimum atomic E-state index is -0.576. The van der Waals surface area contributed by atoms with E-state index in [2.05, 4.69) is 5.32 Å². The van der Waals surface area contributed by atoms with Gasteiger partial charge in [-0.15, -0.1) is 0 Å². The van der Waals surface area contributed by atoms with E-state index >= 15 is 0 Å². The SMILES string of the molecule is COc1ccc(CCNCc2cc(Cl)c(OCC(N)=O)c(OC)c2)cc1.[Cl-]. The summed E-state index contributed by atoms with van der Waals surface area (Å²) in [5.74, 6) is 1.05. The third-order valence-electron chi connectivity index (χ3n) is 3.73. The summed E-state index contributed by atoms with van der Waals surface area (Å²) < 4.78 is 15.8. The van der Waals surface area contributed by atoms with Crippen LogP contribution in [0, 0.1) is 0 Å². The van der Waals surface area contributed by atoms with Gasteiger partial charge in [-0.2, -0.15) is 0 Å². The number of carbonyl (C=O) groups excluding carboxylic acids is 1. The Morgan fingerprint density at radius 1 is 1.11 bits per heavy atom. The largest absolute Gasteiger partial charge is 1.00 e. The average Bonchev–Trinajstić information content (AvgIpc) is 2.64. The monoisotopic (exact) mass is 413 g/mol. The Kier molecular flexibility index (Phi) is 9.78. The molecule has 3 N–H and O–H groups in total. The minimum absolute atomic E-state index is 0. The van der Waals surface area contributed by atoms with Crippen molar-refractivity contribution in [2.45, 2.75) is 13.0 Å². The van der Waals surface area contributed by atoms with Gasteiger partial charge in [0.2, 0.25) is 0 Å². The Morgan fingerprint density at radius 2 is 1.81 bits per heavy atom. The zero-order valence-corrected chi connectivity index (χ0v) is 16.8. The number of ether oxygens (including phenoxy) is 3. The number of hydrogen-bond donors (Lipinski definition) is 2. The molecule has 0 radical (unpaired) electrons. The molecule has 2 rings (SSSR count). The van der Waals surface area contributed by atoms with E-state index < -0.39 is 5.91 Å². The number of amides is 1. The molecule has 27 heavy (non-hydrogen) atoms. The van der Waals surface area contributed by atoms with Crippen molar-refractivity contribution >= 4 is 17.5 Å². The number of carbonyl (C=O) groups is 1. The molecule has 0 unspecified atom stereocenters. The lowest BCUT2D eigenvalue weighted by atomic mass is 10.1. The molecule has 0 fully saturated rings. The Hall–Kier alpha value is -2.15. The number of nitrogens with two attached hydrogens (primary N) is 1. The summed E-state index contributed by atoms with van der Waals surface area (Å²) >= 11 is 6.24. The van der Waals surface area contributed by atoms with Gasteiger partial charge in [-0.3, -0.25) is 4.79 Å². The van der Waals surface area contributed by atoms with Crippen LogP contribution in [0.25, 0.3) is 0 Å². The quantitative estimate of drug-likeness (QED) is 0.515. The van der Waals surface area contributed by atoms with Crippen molar-refractivity contribution < 1.29 is 31.4 Å². The molecule has 0 aromatic heterocycles. The van der Waals surface area contributed by atoms with E-state index in [1.807, 2.05) is 30.3 Å². The molecule has 0 spiro atoms. The number of benzene rings is 2. The van der Waals surface area contributed by atoms with Crippen LogP contribution in [0.2, 0.25) is 5.02 Å². The molecule has 0 bridgehead atoms. The topological polar surface area (TPSA) is 82.8 Å². The van der Waals surface area contributed by atoms with Crippen LogP contribution in [-0.4, -0.2) is 33.3 Å². The van der Waals surface area contributed by atoms with Crippen molar-refractivity contribution in [3.8, 4) is 17.2 Å². The first kappa shape index (κ1) is 22.9. The highest BCUT2D eigenvalue weighted by Gasteiger charge is 2.13. The van der Waals surface area contributed by atoms with Crippen LogP contribution >= 0.6 is 11.6 Å². The van der Waals surface area contributed by atoms with E-state index in [1.54, 1.807) is 13.2 Å². The molecule has 0 aliphatic carbocycles. The molecule has 0 aliphatic heterocycles. The zero-order valence-electron chi connectivity index (χ0n) is 15.3. The molecular weight excluding hydrogens is 391 g/mol. The van der Waals surface area contributed by atoms with Gasteiger partial charge in [-0.1, -0.05) is 23.7 Å². The summed E-state index contributed by atoms with van der Waals surface area (Å²) in [6, 6.07) is 11.6. The van der Waals surface area contributed by atoms with Gasteiger partial charge in [0.25, 0.3) is 5.91 Å². The first-order chi connectivity index (χ1) is 12.5. The summed E-state index contributed by atoms with van der Waals surface area (Å²) in [7, 11) is 3.17. The maximum Gasteiger partial charge on any atom is 0.255 e. The smallest absolute Gasteiger partial charge is 0.255 e. The van der Waals surface area contributed by atoms with E-state index in [4.69, 9.17) is 31.5 Å². The molecule has 2 aromatic rings. The summed E-state index contributed by atoms with van der Waals surface area (Å²) in [6.07, 6.45) is 0.897. The van der Waals surface area contributed by atoms with E-state index in [9.17, 15) is 4.79 Å². The van der Waals surface area contributed by atoms with Crippen molar-refractivity contribution in [2.24, 2.45) is 5.73 Å². The number of nitrogens with one attached hydrogen (secondary N) is 1. The molecule has 6 nitrogen and oxygen atoms in total. The molecule has 0 heterocycles. The van der Waals surface area contributed by atoms with Gasteiger partial charge in [0.1, 0.15) is 5.75 Å². The predicted molar refractivity (Wildman–Crippen MR) is 101 cm³/mol. The summed E-state index contributed by atoms with van der Waals surface area (Å²) in [5.41, 5.74) is 7.27. The van der Waals surface area contributed by atoms with Crippen LogP contribution in [-0.2, 0) is 17.8 Å². The number of primary amides is 1. The first-order valence-corrected chi connectivity index (χ1v) is 8.52. The minimum Gasteiger partial charge on any atom is -1.00 e. The molecule has 2 aromatic carbocycles. The third-order valence-corrected chi connectivity index (χ3v) is 4.01. The fourth-order valence-electron chi connectivity index (χ4n) is 2.42. The Balaban J connectivity index is 0.00000364. The van der Waals surface area contributed by atoms with Gasteiger partial charge in [0.05, 0.1) is 19.2 Å². The van der Waals surface area contributed by atoms with Gasteiger partial charge in [0.15, 0.2) is 18.1 Å². The lowest BCUT2D eigenvalue weighted by Gasteiger charge is -2.14. The summed E-state index contributed by atoms with van der Waals surface area (Å²) in [4.78, 5) is 10.9. The molecule has 148 valence electrons. The molecular formula is C19H23Cl2N2O4-. The van der Waals surface area contributed by atoms with Crippen molar-refractivity contribution in [3.05, 3.63) is 52.5 Å². The lowest BCUT2D eigenvalue weighted by Crippen LogP contribution is -3.00. The molecule has 0 atom stereocenters. The van der Waals surface area contributed by atoms with Crippen LogP contribution in [0.5, 0.6) is 17.2 Å². The van der Waals surface area contributed by atoms with Gasteiger partial charge in [-0.25, -0.2) is 0 Å². The number of methoxy groups -OCH3 is 2. The fourth-order valence-corrected chi connectivity index (χ4v) is 2.70. The van der Waals surface area contributed by atoms with Gasteiger partial charge < -0.3 is 37.7 Å². The van der Waals surface area contributed by atoms with Crippen LogP contribution in [0.15, 0.2) is 36.4 Å². The normalized spacial score (nSPS) is 10.0. The Labute approximate surface area is 170 Å². The van der Waals surface area contributed by atoms with E-state index in [0.717, 1.165) is 24.3 Å². The number of halogens is 2. The van der Waals surface area contributed by atoms with Crippen molar-refractivity contribution in [3.63, 3.8) is 0 Å². The molecule has 8 heteroatoms. The zero-order chi connectivity index (χ0) is 18.9. The average molecular weight is 414 g/mol.